The van der Waals surface area contributed by atoms with Gasteiger partial charge in [-0.1, -0.05) is 23.7 Å². The van der Waals surface area contributed by atoms with E-state index < -0.39 is 6.10 Å². The third kappa shape index (κ3) is 2.99. The minimum Gasteiger partial charge on any atom is -0.395 e. The molecule has 0 spiro atoms. The molecule has 3 N–H and O–H groups in total. The first-order valence-corrected chi connectivity index (χ1v) is 7.17. The summed E-state index contributed by atoms with van der Waals surface area (Å²) in [6.45, 7) is 5.60. The van der Waals surface area contributed by atoms with Gasteiger partial charge in [-0.3, -0.25) is 0 Å². The van der Waals surface area contributed by atoms with Crippen molar-refractivity contribution in [2.24, 2.45) is 0 Å². The van der Waals surface area contributed by atoms with Gasteiger partial charge in [0.1, 0.15) is 0 Å². The number of hydrogen-bond acceptors (Lipinski definition) is 3. The standard InChI is InChI=1S/C15H21ClN2O2/c1-10-11(2)18(9-12(20)8-17-6-7-19)15-13(10)4-3-5-14(15)16/h3-5,12,17,19-20H,6-9H2,1-2H3/t12-/m1/s1. The van der Waals surface area contributed by atoms with E-state index in [1.54, 1.807) is 0 Å². The van der Waals surface area contributed by atoms with E-state index in [4.69, 9.17) is 16.7 Å². The zero-order chi connectivity index (χ0) is 14.7. The Morgan fingerprint density at radius 1 is 1.35 bits per heavy atom. The molecule has 0 saturated carbocycles. The number of rotatable bonds is 6. The van der Waals surface area contributed by atoms with Gasteiger partial charge in [0.2, 0.25) is 0 Å². The molecule has 0 radical (unpaired) electrons. The second-order valence-corrected chi connectivity index (χ2v) is 5.45. The van der Waals surface area contributed by atoms with Crippen LogP contribution in [-0.2, 0) is 6.54 Å². The molecule has 1 atom stereocenters. The predicted molar refractivity (Wildman–Crippen MR) is 82.4 cm³/mol. The normalized spacial score (nSPS) is 13.1. The molecule has 0 amide bonds. The number of benzene rings is 1. The number of aliphatic hydroxyl groups excluding tert-OH is 2. The molecule has 110 valence electrons. The Balaban J connectivity index is 2.27. The first kappa shape index (κ1) is 15.3. The van der Waals surface area contributed by atoms with Gasteiger partial charge in [0.05, 0.1) is 29.8 Å². The summed E-state index contributed by atoms with van der Waals surface area (Å²) in [5, 5.41) is 23.7. The van der Waals surface area contributed by atoms with Gasteiger partial charge in [0.25, 0.3) is 0 Å². The summed E-state index contributed by atoms with van der Waals surface area (Å²) in [6, 6.07) is 5.87. The zero-order valence-electron chi connectivity index (χ0n) is 11.9. The molecule has 1 heterocycles. The van der Waals surface area contributed by atoms with E-state index in [1.807, 2.05) is 19.1 Å². The Hall–Kier alpha value is -1.07. The van der Waals surface area contributed by atoms with Crippen molar-refractivity contribution in [3.63, 3.8) is 0 Å². The third-order valence-electron chi connectivity index (χ3n) is 3.67. The van der Waals surface area contributed by atoms with E-state index in [9.17, 15) is 5.11 Å². The molecule has 2 rings (SSSR count). The van der Waals surface area contributed by atoms with Crippen LogP contribution in [0.5, 0.6) is 0 Å². The van der Waals surface area contributed by atoms with Gasteiger partial charge in [0, 0.05) is 24.2 Å². The quantitative estimate of drug-likeness (QED) is 0.713. The van der Waals surface area contributed by atoms with Crippen molar-refractivity contribution >= 4 is 22.5 Å². The highest BCUT2D eigenvalue weighted by Crippen LogP contribution is 2.30. The summed E-state index contributed by atoms with van der Waals surface area (Å²) >= 11 is 6.31. The summed E-state index contributed by atoms with van der Waals surface area (Å²) in [4.78, 5) is 0. The highest BCUT2D eigenvalue weighted by Gasteiger charge is 2.15. The van der Waals surface area contributed by atoms with Crippen molar-refractivity contribution in [3.05, 3.63) is 34.5 Å². The molecule has 1 aromatic heterocycles. The second-order valence-electron chi connectivity index (χ2n) is 5.04. The van der Waals surface area contributed by atoms with Gasteiger partial charge in [-0.15, -0.1) is 0 Å². The molecular weight excluding hydrogens is 276 g/mol. The van der Waals surface area contributed by atoms with E-state index in [2.05, 4.69) is 22.9 Å². The molecule has 4 nitrogen and oxygen atoms in total. The van der Waals surface area contributed by atoms with Crippen molar-refractivity contribution in [2.75, 3.05) is 19.7 Å². The number of nitrogens with zero attached hydrogens (tertiary/aromatic N) is 1. The number of fused-ring (bicyclic) bond motifs is 1. The van der Waals surface area contributed by atoms with Gasteiger partial charge in [0.15, 0.2) is 0 Å². The van der Waals surface area contributed by atoms with Crippen LogP contribution >= 0.6 is 11.6 Å². The lowest BCUT2D eigenvalue weighted by Gasteiger charge is -2.15. The SMILES string of the molecule is Cc1c(C)n(C[C@H](O)CNCCO)c2c(Cl)cccc12. The van der Waals surface area contributed by atoms with Gasteiger partial charge < -0.3 is 20.1 Å². The predicted octanol–water partition coefficient (Wildman–Crippen LogP) is 1.85. The van der Waals surface area contributed by atoms with E-state index in [0.717, 1.165) is 16.6 Å². The van der Waals surface area contributed by atoms with Crippen LogP contribution in [0.25, 0.3) is 10.9 Å². The van der Waals surface area contributed by atoms with Crippen LogP contribution in [0.3, 0.4) is 0 Å². The molecule has 5 heteroatoms. The molecule has 0 fully saturated rings. The van der Waals surface area contributed by atoms with Crippen molar-refractivity contribution < 1.29 is 10.2 Å². The molecule has 0 saturated heterocycles. The lowest BCUT2D eigenvalue weighted by Crippen LogP contribution is -2.32. The van der Waals surface area contributed by atoms with Crippen LogP contribution in [0, 0.1) is 13.8 Å². The fraction of sp³-hybridized carbons (Fsp3) is 0.467. The molecule has 20 heavy (non-hydrogen) atoms. The van der Waals surface area contributed by atoms with E-state index in [1.165, 1.54) is 5.56 Å². The van der Waals surface area contributed by atoms with Crippen LogP contribution in [-0.4, -0.2) is 40.6 Å². The lowest BCUT2D eigenvalue weighted by atomic mass is 10.2. The van der Waals surface area contributed by atoms with Crippen molar-refractivity contribution in [1.82, 2.24) is 9.88 Å². The topological polar surface area (TPSA) is 57.4 Å². The van der Waals surface area contributed by atoms with Gasteiger partial charge in [-0.25, -0.2) is 0 Å². The van der Waals surface area contributed by atoms with E-state index in [0.29, 0.717) is 24.7 Å². The molecule has 0 bridgehead atoms. The molecule has 2 aromatic rings. The minimum absolute atomic E-state index is 0.0726. The van der Waals surface area contributed by atoms with Gasteiger partial charge in [-0.2, -0.15) is 0 Å². The fourth-order valence-electron chi connectivity index (χ4n) is 2.51. The number of halogens is 1. The average Bonchev–Trinajstić information content (AvgIpc) is 2.66. The number of nitrogens with one attached hydrogen (secondary N) is 1. The molecule has 0 aliphatic heterocycles. The monoisotopic (exact) mass is 296 g/mol. The number of aromatic nitrogens is 1. The number of para-hydroxylation sites is 1. The van der Waals surface area contributed by atoms with E-state index in [-0.39, 0.29) is 6.61 Å². The maximum absolute atomic E-state index is 10.1. The molecule has 0 aliphatic carbocycles. The lowest BCUT2D eigenvalue weighted by molar-refractivity contribution is 0.149. The number of aryl methyl sites for hydroxylation is 1. The highest BCUT2D eigenvalue weighted by atomic mass is 35.5. The number of hydrogen-bond donors (Lipinski definition) is 3. The summed E-state index contributed by atoms with van der Waals surface area (Å²) < 4.78 is 2.07. The minimum atomic E-state index is -0.522. The van der Waals surface area contributed by atoms with Crippen molar-refractivity contribution in [1.29, 1.82) is 0 Å². The summed E-state index contributed by atoms with van der Waals surface area (Å²) in [7, 11) is 0. The molecule has 1 aromatic carbocycles. The first-order chi connectivity index (χ1) is 9.56. The maximum Gasteiger partial charge on any atom is 0.0843 e. The fourth-order valence-corrected chi connectivity index (χ4v) is 2.79. The number of aliphatic hydroxyl groups is 2. The maximum atomic E-state index is 10.1. The first-order valence-electron chi connectivity index (χ1n) is 6.79. The zero-order valence-corrected chi connectivity index (χ0v) is 12.6. The Labute approximate surface area is 124 Å². The Morgan fingerprint density at radius 3 is 2.80 bits per heavy atom. The van der Waals surface area contributed by atoms with Crippen LogP contribution in [0.4, 0.5) is 0 Å². The Morgan fingerprint density at radius 2 is 2.10 bits per heavy atom. The average molecular weight is 297 g/mol. The van der Waals surface area contributed by atoms with Crippen molar-refractivity contribution in [2.45, 2.75) is 26.5 Å². The molecule has 0 aliphatic rings. The van der Waals surface area contributed by atoms with Gasteiger partial charge >= 0.3 is 0 Å². The Kier molecular flexibility index (Phi) is 5.05. The van der Waals surface area contributed by atoms with Crippen molar-refractivity contribution in [3.8, 4) is 0 Å². The third-order valence-corrected chi connectivity index (χ3v) is 3.98. The smallest absolute Gasteiger partial charge is 0.0843 e. The van der Waals surface area contributed by atoms with Crippen LogP contribution in [0.15, 0.2) is 18.2 Å². The summed E-state index contributed by atoms with van der Waals surface area (Å²) in [5.74, 6) is 0. The van der Waals surface area contributed by atoms with Crippen LogP contribution in [0.2, 0.25) is 5.02 Å². The largest absolute Gasteiger partial charge is 0.395 e. The van der Waals surface area contributed by atoms with Crippen LogP contribution in [0.1, 0.15) is 11.3 Å². The molecular formula is C15H21ClN2O2. The van der Waals surface area contributed by atoms with Gasteiger partial charge in [-0.05, 0) is 25.5 Å². The van der Waals surface area contributed by atoms with Crippen LogP contribution < -0.4 is 5.32 Å². The molecule has 0 unspecified atom stereocenters. The Bertz CT molecular complexity index is 595. The van der Waals surface area contributed by atoms with E-state index >= 15 is 0 Å². The highest BCUT2D eigenvalue weighted by molar-refractivity contribution is 6.35. The summed E-state index contributed by atoms with van der Waals surface area (Å²) in [5.41, 5.74) is 3.29. The second kappa shape index (κ2) is 6.59. The summed E-state index contributed by atoms with van der Waals surface area (Å²) in [6.07, 6.45) is -0.522.